The maximum Gasteiger partial charge on any atom is 0.0897 e. The van der Waals surface area contributed by atoms with Crippen molar-refractivity contribution in [2.75, 3.05) is 6.54 Å². The van der Waals surface area contributed by atoms with Gasteiger partial charge in [0.2, 0.25) is 0 Å². The molecule has 0 unspecified atom stereocenters. The van der Waals surface area contributed by atoms with Crippen molar-refractivity contribution < 1.29 is 0 Å². The van der Waals surface area contributed by atoms with Crippen LogP contribution in [0.2, 0.25) is 0 Å². The van der Waals surface area contributed by atoms with Crippen LogP contribution in [-0.4, -0.2) is 17.6 Å². The monoisotopic (exact) mass is 238 g/mol. The number of nitrogens with zero attached hydrogens (tertiary/aromatic N) is 1. The second-order valence-corrected chi connectivity index (χ2v) is 5.54. The molecule has 3 heteroatoms. The van der Waals surface area contributed by atoms with Gasteiger partial charge in [-0.2, -0.15) is 0 Å². The molecular formula is C13H22N2S. The molecule has 0 radical (unpaired) electrons. The zero-order chi connectivity index (χ0) is 12.0. The third-order valence-electron chi connectivity index (χ3n) is 2.32. The Morgan fingerprint density at radius 3 is 2.88 bits per heavy atom. The first kappa shape index (κ1) is 13.4. The average Bonchev–Trinajstić information content (AvgIpc) is 2.58. The van der Waals surface area contributed by atoms with Crippen LogP contribution in [0, 0.1) is 6.92 Å². The Morgan fingerprint density at radius 1 is 1.56 bits per heavy atom. The zero-order valence-electron chi connectivity index (χ0n) is 10.7. The molecule has 16 heavy (non-hydrogen) atoms. The van der Waals surface area contributed by atoms with E-state index in [1.807, 2.05) is 0 Å². The summed E-state index contributed by atoms with van der Waals surface area (Å²) in [6.45, 7) is 9.65. The number of hydrogen-bond acceptors (Lipinski definition) is 3. The van der Waals surface area contributed by atoms with E-state index in [0.717, 1.165) is 24.4 Å². The summed E-state index contributed by atoms with van der Waals surface area (Å²) in [6.07, 6.45) is 4.41. The predicted octanol–water partition coefficient (Wildman–Crippen LogP) is 3.33. The zero-order valence-corrected chi connectivity index (χ0v) is 11.5. The average molecular weight is 238 g/mol. The summed E-state index contributed by atoms with van der Waals surface area (Å²) in [5.74, 6) is 0. The fourth-order valence-corrected chi connectivity index (χ4v) is 2.15. The van der Waals surface area contributed by atoms with E-state index in [1.165, 1.54) is 11.3 Å². The van der Waals surface area contributed by atoms with E-state index >= 15 is 0 Å². The number of thiazole rings is 1. The van der Waals surface area contributed by atoms with Crippen LogP contribution in [0.15, 0.2) is 17.0 Å². The minimum atomic E-state index is 0.579. The van der Waals surface area contributed by atoms with Gasteiger partial charge in [-0.05, 0) is 26.8 Å². The van der Waals surface area contributed by atoms with Crippen LogP contribution >= 0.6 is 11.3 Å². The topological polar surface area (TPSA) is 24.9 Å². The van der Waals surface area contributed by atoms with Crippen molar-refractivity contribution in [3.05, 3.63) is 27.7 Å². The molecule has 1 aromatic rings. The molecule has 0 aliphatic heterocycles. The second-order valence-electron chi connectivity index (χ2n) is 4.48. The minimum absolute atomic E-state index is 0.579. The fraction of sp³-hybridized carbons (Fsp3) is 0.615. The molecule has 0 aliphatic rings. The van der Waals surface area contributed by atoms with E-state index in [4.69, 9.17) is 0 Å². The lowest BCUT2D eigenvalue weighted by atomic mass is 10.1. The van der Waals surface area contributed by atoms with E-state index < -0.39 is 0 Å². The molecular weight excluding hydrogens is 216 g/mol. The molecule has 2 nitrogen and oxygen atoms in total. The Bertz CT molecular complexity index is 339. The summed E-state index contributed by atoms with van der Waals surface area (Å²) in [5.41, 5.74) is 2.61. The number of aryl methyl sites for hydroxylation is 1. The van der Waals surface area contributed by atoms with E-state index in [1.54, 1.807) is 11.3 Å². The fourth-order valence-electron chi connectivity index (χ4n) is 1.54. The van der Waals surface area contributed by atoms with Crippen LogP contribution in [0.5, 0.6) is 0 Å². The molecule has 1 aromatic heterocycles. The Balaban J connectivity index is 2.29. The van der Waals surface area contributed by atoms with Gasteiger partial charge in [0, 0.05) is 17.8 Å². The molecule has 1 heterocycles. The van der Waals surface area contributed by atoms with Crippen LogP contribution in [0.25, 0.3) is 0 Å². The summed E-state index contributed by atoms with van der Waals surface area (Å²) in [5, 5.41) is 6.72. The molecule has 0 amide bonds. The largest absolute Gasteiger partial charge is 0.314 e. The smallest absolute Gasteiger partial charge is 0.0897 e. The summed E-state index contributed by atoms with van der Waals surface area (Å²) in [6, 6.07) is 0.579. The third-order valence-corrected chi connectivity index (χ3v) is 3.14. The van der Waals surface area contributed by atoms with Gasteiger partial charge in [-0.15, -0.1) is 11.3 Å². The van der Waals surface area contributed by atoms with Gasteiger partial charge in [0.05, 0.1) is 10.7 Å². The summed E-state index contributed by atoms with van der Waals surface area (Å²) >= 11 is 1.73. The van der Waals surface area contributed by atoms with Crippen LogP contribution in [0.3, 0.4) is 0 Å². The normalized spacial score (nSPS) is 12.4. The van der Waals surface area contributed by atoms with E-state index in [9.17, 15) is 0 Å². The maximum absolute atomic E-state index is 4.47. The first-order valence-electron chi connectivity index (χ1n) is 5.88. The maximum atomic E-state index is 4.47. The van der Waals surface area contributed by atoms with Crippen LogP contribution in [-0.2, 0) is 6.42 Å². The number of allylic oxidation sites excluding steroid dienone is 1. The highest BCUT2D eigenvalue weighted by Gasteiger charge is 1.99. The first-order chi connectivity index (χ1) is 7.58. The molecule has 0 saturated carbocycles. The van der Waals surface area contributed by atoms with Gasteiger partial charge in [-0.3, -0.25) is 0 Å². The van der Waals surface area contributed by atoms with Crippen molar-refractivity contribution in [1.29, 1.82) is 0 Å². The molecule has 90 valence electrons. The molecule has 0 bridgehead atoms. The molecule has 0 fully saturated rings. The summed E-state index contributed by atoms with van der Waals surface area (Å²) < 4.78 is 0. The Morgan fingerprint density at radius 2 is 2.31 bits per heavy atom. The van der Waals surface area contributed by atoms with E-state index in [0.29, 0.717) is 6.04 Å². The van der Waals surface area contributed by atoms with Crippen molar-refractivity contribution in [3.63, 3.8) is 0 Å². The number of aromatic nitrogens is 1. The Hall–Kier alpha value is -0.670. The van der Waals surface area contributed by atoms with Gasteiger partial charge >= 0.3 is 0 Å². The Labute approximate surface area is 103 Å². The van der Waals surface area contributed by atoms with Crippen molar-refractivity contribution in [1.82, 2.24) is 10.3 Å². The molecule has 1 N–H and O–H groups in total. The highest BCUT2D eigenvalue weighted by atomic mass is 32.1. The lowest BCUT2D eigenvalue weighted by Crippen LogP contribution is -2.23. The third kappa shape index (κ3) is 5.42. The number of nitrogens with one attached hydrogen (secondary N) is 1. The van der Waals surface area contributed by atoms with Crippen LogP contribution < -0.4 is 5.32 Å². The molecule has 1 rings (SSSR count). The van der Waals surface area contributed by atoms with Crippen molar-refractivity contribution >= 4 is 11.3 Å². The highest BCUT2D eigenvalue weighted by Crippen LogP contribution is 2.12. The van der Waals surface area contributed by atoms with Crippen molar-refractivity contribution in [3.8, 4) is 0 Å². The standard InChI is InChI=1S/C13H22N2S/c1-10(2)14-7-5-6-11(3)8-13-9-16-12(4)15-13/h6,9-10,14H,5,7-8H2,1-4H3. The van der Waals surface area contributed by atoms with Crippen molar-refractivity contribution in [2.45, 2.75) is 46.6 Å². The van der Waals surface area contributed by atoms with Gasteiger partial charge in [-0.1, -0.05) is 25.5 Å². The summed E-state index contributed by atoms with van der Waals surface area (Å²) in [4.78, 5) is 4.47. The van der Waals surface area contributed by atoms with Crippen molar-refractivity contribution in [2.24, 2.45) is 0 Å². The van der Waals surface area contributed by atoms with Crippen LogP contribution in [0.1, 0.15) is 37.9 Å². The number of hydrogen-bond donors (Lipinski definition) is 1. The molecule has 0 saturated heterocycles. The first-order valence-corrected chi connectivity index (χ1v) is 6.76. The van der Waals surface area contributed by atoms with Gasteiger partial charge in [0.15, 0.2) is 0 Å². The molecule has 0 atom stereocenters. The van der Waals surface area contributed by atoms with Gasteiger partial charge in [0.25, 0.3) is 0 Å². The molecule has 0 spiro atoms. The van der Waals surface area contributed by atoms with Gasteiger partial charge < -0.3 is 5.32 Å². The van der Waals surface area contributed by atoms with Crippen LogP contribution in [0.4, 0.5) is 0 Å². The Kier molecular flexibility index (Phi) is 5.71. The SMILES string of the molecule is CC(=CCCNC(C)C)Cc1csc(C)n1. The van der Waals surface area contributed by atoms with Gasteiger partial charge in [-0.25, -0.2) is 4.98 Å². The highest BCUT2D eigenvalue weighted by molar-refractivity contribution is 7.09. The van der Waals surface area contributed by atoms with E-state index in [-0.39, 0.29) is 0 Å². The van der Waals surface area contributed by atoms with E-state index in [2.05, 4.69) is 49.5 Å². The lowest BCUT2D eigenvalue weighted by molar-refractivity contribution is 0.594. The quantitative estimate of drug-likeness (QED) is 0.607. The van der Waals surface area contributed by atoms with Gasteiger partial charge in [0.1, 0.15) is 0 Å². The molecule has 0 aromatic carbocycles. The second kappa shape index (κ2) is 6.81. The lowest BCUT2D eigenvalue weighted by Gasteiger charge is -2.05. The predicted molar refractivity (Wildman–Crippen MR) is 72.1 cm³/mol. The molecule has 0 aliphatic carbocycles. The number of rotatable bonds is 6. The summed E-state index contributed by atoms with van der Waals surface area (Å²) in [7, 11) is 0. The minimum Gasteiger partial charge on any atom is -0.314 e.